The van der Waals surface area contributed by atoms with E-state index in [0.717, 1.165) is 0 Å². The Morgan fingerprint density at radius 2 is 1.65 bits per heavy atom. The van der Waals surface area contributed by atoms with Gasteiger partial charge in [0.25, 0.3) is 0 Å². The van der Waals surface area contributed by atoms with E-state index in [0.29, 0.717) is 31.3 Å². The second kappa shape index (κ2) is 9.33. The fourth-order valence-electron chi connectivity index (χ4n) is 2.05. The molecule has 0 fully saturated rings. The van der Waals surface area contributed by atoms with Crippen LogP contribution in [0, 0.1) is 0 Å². The van der Waals surface area contributed by atoms with Gasteiger partial charge in [-0.1, -0.05) is 58.5 Å². The molecule has 0 radical (unpaired) electrons. The fraction of sp³-hybridized carbons (Fsp3) is 0.176. The summed E-state index contributed by atoms with van der Waals surface area (Å²) in [4.78, 5) is 25.5. The summed E-state index contributed by atoms with van der Waals surface area (Å²) in [6.07, 6.45) is 0. The molecule has 0 saturated heterocycles. The maximum Gasteiger partial charge on any atom is 0.317 e. The number of nitrogens with one attached hydrogen (secondary N) is 2. The minimum Gasteiger partial charge on any atom is -0.334 e. The number of benzene rings is 2. The van der Waals surface area contributed by atoms with Gasteiger partial charge in [0.05, 0.1) is 15.7 Å². The molecule has 0 heterocycles. The molecule has 0 unspecified atom stereocenters. The van der Waals surface area contributed by atoms with Gasteiger partial charge in [-0.3, -0.25) is 4.79 Å². The molecule has 2 aromatic carbocycles. The second-order valence-electron chi connectivity index (χ2n) is 5.40. The van der Waals surface area contributed by atoms with Crippen LogP contribution >= 0.6 is 46.4 Å². The smallest absolute Gasteiger partial charge is 0.317 e. The third kappa shape index (κ3) is 5.68. The molecular weight excluding hydrogens is 420 g/mol. The Labute approximate surface area is 171 Å². The van der Waals surface area contributed by atoms with E-state index in [-0.39, 0.29) is 13.1 Å². The number of amides is 3. The molecule has 0 aromatic heterocycles. The third-order valence-corrected chi connectivity index (χ3v) is 4.62. The van der Waals surface area contributed by atoms with Gasteiger partial charge in [0.1, 0.15) is 6.54 Å². The van der Waals surface area contributed by atoms with Gasteiger partial charge >= 0.3 is 6.03 Å². The van der Waals surface area contributed by atoms with Gasteiger partial charge in [-0.2, -0.15) is 0 Å². The van der Waals surface area contributed by atoms with E-state index in [2.05, 4.69) is 10.6 Å². The van der Waals surface area contributed by atoms with Crippen molar-refractivity contribution in [2.45, 2.75) is 6.54 Å². The van der Waals surface area contributed by atoms with Crippen LogP contribution in [-0.4, -0.2) is 30.4 Å². The van der Waals surface area contributed by atoms with Crippen LogP contribution in [0.4, 0.5) is 10.5 Å². The van der Waals surface area contributed by atoms with Crippen LogP contribution in [0.1, 0.15) is 5.56 Å². The lowest BCUT2D eigenvalue weighted by molar-refractivity contribution is -0.116. The van der Waals surface area contributed by atoms with Crippen LogP contribution < -0.4 is 10.6 Å². The number of hydrogen-bond acceptors (Lipinski definition) is 2. The van der Waals surface area contributed by atoms with E-state index < -0.39 is 11.9 Å². The number of urea groups is 1. The van der Waals surface area contributed by atoms with Crippen molar-refractivity contribution < 1.29 is 9.59 Å². The molecule has 2 aromatic rings. The first-order chi connectivity index (χ1) is 12.3. The van der Waals surface area contributed by atoms with Gasteiger partial charge < -0.3 is 15.5 Å². The van der Waals surface area contributed by atoms with Crippen molar-refractivity contribution in [3.8, 4) is 0 Å². The van der Waals surface area contributed by atoms with Crippen molar-refractivity contribution in [1.29, 1.82) is 0 Å². The maximum absolute atomic E-state index is 12.1. The number of hydrogen-bond donors (Lipinski definition) is 2. The highest BCUT2D eigenvalue weighted by atomic mass is 35.5. The van der Waals surface area contributed by atoms with Crippen LogP contribution in [0.15, 0.2) is 36.4 Å². The molecule has 0 saturated carbocycles. The highest BCUT2D eigenvalue weighted by molar-refractivity contribution is 6.39. The van der Waals surface area contributed by atoms with Crippen LogP contribution in [0.2, 0.25) is 20.1 Å². The molecule has 0 aliphatic carbocycles. The van der Waals surface area contributed by atoms with E-state index in [1.165, 1.54) is 11.9 Å². The quantitative estimate of drug-likeness (QED) is 0.689. The molecule has 9 heteroatoms. The summed E-state index contributed by atoms with van der Waals surface area (Å²) in [5.41, 5.74) is 1.02. The molecule has 5 nitrogen and oxygen atoms in total. The van der Waals surface area contributed by atoms with Crippen LogP contribution in [0.25, 0.3) is 0 Å². The largest absolute Gasteiger partial charge is 0.334 e. The van der Waals surface area contributed by atoms with E-state index in [1.807, 2.05) is 0 Å². The van der Waals surface area contributed by atoms with E-state index in [1.54, 1.807) is 36.4 Å². The monoisotopic (exact) mass is 433 g/mol. The van der Waals surface area contributed by atoms with Gasteiger partial charge in [-0.05, 0) is 29.8 Å². The number of nitrogens with zero attached hydrogens (tertiary/aromatic N) is 1. The summed E-state index contributed by atoms with van der Waals surface area (Å²) in [5, 5.41) is 6.86. The summed E-state index contributed by atoms with van der Waals surface area (Å²) < 4.78 is 0. The zero-order chi connectivity index (χ0) is 19.3. The zero-order valence-corrected chi connectivity index (χ0v) is 16.7. The topological polar surface area (TPSA) is 61.4 Å². The van der Waals surface area contributed by atoms with Gasteiger partial charge in [0, 0.05) is 23.6 Å². The fourth-order valence-corrected chi connectivity index (χ4v) is 3.02. The van der Waals surface area contributed by atoms with Crippen LogP contribution in [-0.2, 0) is 11.3 Å². The van der Waals surface area contributed by atoms with Crippen molar-refractivity contribution in [3.63, 3.8) is 0 Å². The van der Waals surface area contributed by atoms with E-state index in [9.17, 15) is 9.59 Å². The van der Waals surface area contributed by atoms with Crippen molar-refractivity contribution in [1.82, 2.24) is 10.2 Å². The number of likely N-dealkylation sites (N-methyl/N-ethyl adjacent to an activating group) is 1. The second-order valence-corrected chi connectivity index (χ2v) is 7.05. The van der Waals surface area contributed by atoms with Crippen molar-refractivity contribution in [2.24, 2.45) is 0 Å². The molecule has 0 aliphatic rings. The molecule has 26 heavy (non-hydrogen) atoms. The lowest BCUT2D eigenvalue weighted by Crippen LogP contribution is -2.41. The lowest BCUT2D eigenvalue weighted by atomic mass is 10.2. The Balaban J connectivity index is 1.89. The molecule has 0 spiro atoms. The predicted molar refractivity (Wildman–Crippen MR) is 106 cm³/mol. The Bertz CT molecular complexity index is 809. The number of anilines is 1. The minimum atomic E-state index is -0.434. The number of halogens is 4. The average Bonchev–Trinajstić information content (AvgIpc) is 2.57. The first-order valence-corrected chi connectivity index (χ1v) is 8.96. The van der Waals surface area contributed by atoms with Gasteiger partial charge in [0.15, 0.2) is 0 Å². The summed E-state index contributed by atoms with van der Waals surface area (Å²) in [5.74, 6) is -0.429. The maximum atomic E-state index is 12.1. The predicted octanol–water partition coefficient (Wildman–Crippen LogP) is 5.08. The van der Waals surface area contributed by atoms with Crippen LogP contribution in [0.3, 0.4) is 0 Å². The molecule has 0 atom stereocenters. The normalized spacial score (nSPS) is 10.3. The number of rotatable bonds is 5. The Morgan fingerprint density at radius 3 is 2.27 bits per heavy atom. The lowest BCUT2D eigenvalue weighted by Gasteiger charge is -2.18. The molecule has 0 bridgehead atoms. The molecule has 138 valence electrons. The Hall–Kier alpha value is -1.66. The van der Waals surface area contributed by atoms with E-state index >= 15 is 0 Å². The number of carbonyl (C=O) groups is 2. The number of carbonyl (C=O) groups excluding carboxylic acids is 2. The summed E-state index contributed by atoms with van der Waals surface area (Å²) in [7, 11) is 1.49. The van der Waals surface area contributed by atoms with E-state index in [4.69, 9.17) is 46.4 Å². The number of para-hydroxylation sites is 1. The first kappa shape index (κ1) is 20.6. The van der Waals surface area contributed by atoms with Gasteiger partial charge in [0.2, 0.25) is 5.91 Å². The molecule has 2 N–H and O–H groups in total. The summed E-state index contributed by atoms with van der Waals surface area (Å²) in [6.45, 7) is 0.0267. The Kier molecular flexibility index (Phi) is 7.41. The standard InChI is InChI=1S/C17H15Cl4N3O2/c1-24(9-15(25)23-16-12(19)3-2-4-13(16)20)17(26)22-8-10-5-6-11(18)7-14(10)21/h2-7H,8-9H2,1H3,(H,22,26)(H,23,25). The highest BCUT2D eigenvalue weighted by Crippen LogP contribution is 2.29. The SMILES string of the molecule is CN(CC(=O)Nc1c(Cl)cccc1Cl)C(=O)NCc1ccc(Cl)cc1Cl. The van der Waals surface area contributed by atoms with Gasteiger partial charge in [-0.25, -0.2) is 4.79 Å². The minimum absolute atomic E-state index is 0.179. The summed E-state index contributed by atoms with van der Waals surface area (Å²) >= 11 is 23.9. The third-order valence-electron chi connectivity index (χ3n) is 3.40. The molecule has 3 amide bonds. The summed E-state index contributed by atoms with van der Waals surface area (Å²) in [6, 6.07) is 9.44. The Morgan fingerprint density at radius 1 is 1.00 bits per heavy atom. The highest BCUT2D eigenvalue weighted by Gasteiger charge is 2.15. The first-order valence-electron chi connectivity index (χ1n) is 7.44. The van der Waals surface area contributed by atoms with Gasteiger partial charge in [-0.15, -0.1) is 0 Å². The molecular formula is C17H15Cl4N3O2. The van der Waals surface area contributed by atoms with Crippen molar-refractivity contribution in [3.05, 3.63) is 62.1 Å². The molecule has 0 aliphatic heterocycles. The van der Waals surface area contributed by atoms with Crippen LogP contribution in [0.5, 0.6) is 0 Å². The zero-order valence-electron chi connectivity index (χ0n) is 13.7. The average molecular weight is 435 g/mol. The molecule has 2 rings (SSSR count). The van der Waals surface area contributed by atoms with Crippen molar-refractivity contribution in [2.75, 3.05) is 18.9 Å². The van der Waals surface area contributed by atoms with Crippen molar-refractivity contribution >= 4 is 64.0 Å².